The molecule has 0 aliphatic heterocycles. The first kappa shape index (κ1) is 43.5. The maximum absolute atomic E-state index is 14.2. The average molecular weight is 885 g/mol. The Balaban J connectivity index is 0.00000561. The first-order valence-electron chi connectivity index (χ1n) is 20.2. The quantitative estimate of drug-likeness (QED) is 0.111. The number of benzene rings is 6. The van der Waals surface area contributed by atoms with Gasteiger partial charge in [0.2, 0.25) is 11.6 Å². The van der Waals surface area contributed by atoms with E-state index in [2.05, 4.69) is 125 Å². The fraction of sp³-hybridized carbons (Fsp3) is 0.148. The van der Waals surface area contributed by atoms with Gasteiger partial charge < -0.3 is 10.6 Å². The molecule has 0 atom stereocenters. The van der Waals surface area contributed by atoms with Crippen LogP contribution in [0.1, 0.15) is 41.5 Å². The SMILES string of the molecule is CC(C)(C)C1=C/C(=C/Nc2ccc3ccccc3c2-c2c(N/C=C3/C=C(C(C)(C)C)C=C(Sc4ccccc4)C3=O)ccc3ccccc23)C(=O)C(Sc2ccccc2)=C1.[Cu]. The van der Waals surface area contributed by atoms with Crippen LogP contribution in [0.5, 0.6) is 0 Å². The molecule has 0 heterocycles. The minimum absolute atomic E-state index is 0. The summed E-state index contributed by atoms with van der Waals surface area (Å²) in [6, 6.07) is 45.3. The Labute approximate surface area is 378 Å². The van der Waals surface area contributed by atoms with Crippen molar-refractivity contribution in [1.29, 1.82) is 0 Å². The van der Waals surface area contributed by atoms with Crippen molar-refractivity contribution in [3.05, 3.63) is 202 Å². The average Bonchev–Trinajstić information content (AvgIpc) is 3.24. The molecule has 0 spiro atoms. The molecular weight excluding hydrogens is 836 g/mol. The van der Waals surface area contributed by atoms with Crippen LogP contribution in [0, 0.1) is 10.8 Å². The van der Waals surface area contributed by atoms with Crippen molar-refractivity contribution >= 4 is 68.0 Å². The van der Waals surface area contributed by atoms with Gasteiger partial charge in [0.1, 0.15) is 0 Å². The number of carbonyl (C=O) groups is 2. The molecule has 0 fully saturated rings. The number of hydrogen-bond acceptors (Lipinski definition) is 6. The van der Waals surface area contributed by atoms with Gasteiger partial charge in [0.05, 0.1) is 9.81 Å². The second-order valence-corrected chi connectivity index (χ2v) is 19.3. The summed E-state index contributed by atoms with van der Waals surface area (Å²) >= 11 is 3.00. The molecule has 2 N–H and O–H groups in total. The Kier molecular flexibility index (Phi) is 13.0. The smallest absolute Gasteiger partial charge is 0.201 e. The largest absolute Gasteiger partial charge is 0.360 e. The summed E-state index contributed by atoms with van der Waals surface area (Å²) in [5, 5.41) is 11.6. The zero-order valence-corrected chi connectivity index (χ0v) is 37.7. The standard InChI is InChI=1S/C54H48N2O2S2.Cu/c1-53(2,3)39-29-37(51(57)47(31-39)59-41-19-9-7-10-20-41)33-55-45-27-25-35-17-13-15-23-43(35)49(45)50-44-24-16-14-18-36(44)26-28-46(50)56-34-38-30-40(54(4,5)6)32-48(52(38)58)60-42-21-11-8-12-22-42;/h7-34,55-56H,1-6H3;/b37-33-,38-34-;. The summed E-state index contributed by atoms with van der Waals surface area (Å²) in [7, 11) is 0. The molecule has 1 radical (unpaired) electrons. The zero-order valence-electron chi connectivity index (χ0n) is 35.1. The van der Waals surface area contributed by atoms with Crippen LogP contribution in [0.25, 0.3) is 32.7 Å². The Bertz CT molecular complexity index is 2660. The number of rotatable bonds is 9. The van der Waals surface area contributed by atoms with Gasteiger partial charge in [-0.3, -0.25) is 9.59 Å². The van der Waals surface area contributed by atoms with Crippen molar-refractivity contribution in [3.63, 3.8) is 0 Å². The molecule has 0 aromatic heterocycles. The van der Waals surface area contributed by atoms with E-state index in [1.54, 1.807) is 0 Å². The molecule has 2 aliphatic carbocycles. The molecule has 4 nitrogen and oxygen atoms in total. The van der Waals surface area contributed by atoms with Crippen LogP contribution in [0.2, 0.25) is 0 Å². The monoisotopic (exact) mass is 883 g/mol. The minimum Gasteiger partial charge on any atom is -0.360 e. The molecule has 6 aromatic rings. The first-order valence-corrected chi connectivity index (χ1v) is 21.9. The molecule has 0 bridgehead atoms. The minimum atomic E-state index is -0.173. The molecule has 8 rings (SSSR count). The molecule has 6 aromatic carbocycles. The van der Waals surface area contributed by atoms with Crippen LogP contribution in [-0.2, 0) is 26.7 Å². The van der Waals surface area contributed by atoms with E-state index in [-0.39, 0.29) is 39.5 Å². The summed E-state index contributed by atoms with van der Waals surface area (Å²) in [5.74, 6) is -0.0472. The van der Waals surface area contributed by atoms with Crippen molar-refractivity contribution in [2.24, 2.45) is 10.8 Å². The number of thioether (sulfide) groups is 2. The Morgan fingerprint density at radius 1 is 0.443 bits per heavy atom. The summed E-state index contributed by atoms with van der Waals surface area (Å²) < 4.78 is 0. The topological polar surface area (TPSA) is 58.2 Å². The number of nitrogens with one attached hydrogen (secondary N) is 2. The first-order chi connectivity index (χ1) is 28.8. The predicted molar refractivity (Wildman–Crippen MR) is 256 cm³/mol. The Morgan fingerprint density at radius 3 is 1.18 bits per heavy atom. The number of allylic oxidation sites excluding steroid dienone is 10. The molecular formula is C54H48CuN2O2S2. The summed E-state index contributed by atoms with van der Waals surface area (Å²) in [4.78, 5) is 31.8. The van der Waals surface area contributed by atoms with Crippen molar-refractivity contribution in [2.75, 3.05) is 10.6 Å². The summed E-state index contributed by atoms with van der Waals surface area (Å²) in [6.45, 7) is 13.0. The van der Waals surface area contributed by atoms with E-state index in [4.69, 9.17) is 0 Å². The van der Waals surface area contributed by atoms with Gasteiger partial charge in [-0.15, -0.1) is 0 Å². The van der Waals surface area contributed by atoms with Gasteiger partial charge in [-0.2, -0.15) is 0 Å². The van der Waals surface area contributed by atoms with Crippen LogP contribution in [0.4, 0.5) is 11.4 Å². The van der Waals surface area contributed by atoms with E-state index in [0.29, 0.717) is 21.0 Å². The second-order valence-electron chi connectivity index (χ2n) is 17.1. The number of carbonyl (C=O) groups excluding carboxylic acids is 2. The maximum Gasteiger partial charge on any atom is 0.201 e. The number of anilines is 2. The van der Waals surface area contributed by atoms with Crippen molar-refractivity contribution in [3.8, 4) is 11.1 Å². The predicted octanol–water partition coefficient (Wildman–Crippen LogP) is 14.7. The van der Waals surface area contributed by atoms with E-state index < -0.39 is 0 Å². The van der Waals surface area contributed by atoms with Gasteiger partial charge >= 0.3 is 0 Å². The van der Waals surface area contributed by atoms with Crippen molar-refractivity contribution in [2.45, 2.75) is 51.3 Å². The maximum atomic E-state index is 14.2. The molecule has 309 valence electrons. The zero-order chi connectivity index (χ0) is 42.0. The number of ketones is 2. The van der Waals surface area contributed by atoms with Crippen LogP contribution >= 0.6 is 23.5 Å². The van der Waals surface area contributed by atoms with Gasteiger partial charge in [-0.05, 0) is 104 Å². The van der Waals surface area contributed by atoms with Gasteiger partial charge in [0.15, 0.2) is 0 Å². The van der Waals surface area contributed by atoms with Crippen LogP contribution in [-0.4, -0.2) is 11.6 Å². The molecule has 0 saturated heterocycles. The van der Waals surface area contributed by atoms with E-state index in [1.165, 1.54) is 23.5 Å². The fourth-order valence-electron chi connectivity index (χ4n) is 7.34. The summed E-state index contributed by atoms with van der Waals surface area (Å²) in [5.41, 5.74) is 6.69. The van der Waals surface area contributed by atoms with Gasteiger partial charge in [0.25, 0.3) is 0 Å². The Hall–Kier alpha value is -5.56. The van der Waals surface area contributed by atoms with E-state index in [1.807, 2.05) is 97.4 Å². The van der Waals surface area contributed by atoms with Crippen molar-refractivity contribution < 1.29 is 26.7 Å². The van der Waals surface area contributed by atoms with Crippen LogP contribution in [0.3, 0.4) is 0 Å². The van der Waals surface area contributed by atoms with Crippen LogP contribution < -0.4 is 10.6 Å². The number of Topliss-reactive ketones (excluding diaryl/α,β-unsaturated/α-hetero) is 2. The van der Waals surface area contributed by atoms with E-state index in [0.717, 1.165) is 65.0 Å². The molecule has 2 aliphatic rings. The fourth-order valence-corrected chi connectivity index (χ4v) is 9.23. The third kappa shape index (κ3) is 9.67. The van der Waals surface area contributed by atoms with Crippen LogP contribution in [0.15, 0.2) is 212 Å². The van der Waals surface area contributed by atoms with Gasteiger partial charge in [-0.1, -0.05) is 162 Å². The van der Waals surface area contributed by atoms with E-state index in [9.17, 15) is 9.59 Å². The number of hydrogen-bond donors (Lipinski definition) is 2. The summed E-state index contributed by atoms with van der Waals surface area (Å²) in [6.07, 6.45) is 11.8. The van der Waals surface area contributed by atoms with Crippen molar-refractivity contribution in [1.82, 2.24) is 0 Å². The number of fused-ring (bicyclic) bond motifs is 2. The van der Waals surface area contributed by atoms with Gasteiger partial charge in [-0.25, -0.2) is 0 Å². The van der Waals surface area contributed by atoms with E-state index >= 15 is 0 Å². The third-order valence-electron chi connectivity index (χ3n) is 10.7. The van der Waals surface area contributed by atoms with Gasteiger partial charge in [0, 0.05) is 72.9 Å². The normalized spacial score (nSPS) is 15.9. The molecule has 61 heavy (non-hydrogen) atoms. The molecule has 0 amide bonds. The second kappa shape index (κ2) is 18.2. The molecule has 0 unspecified atom stereocenters. The molecule has 0 saturated carbocycles. The molecule has 7 heteroatoms. The Morgan fingerprint density at radius 2 is 0.803 bits per heavy atom. The third-order valence-corrected chi connectivity index (χ3v) is 12.8.